The van der Waals surface area contributed by atoms with Crippen molar-refractivity contribution in [2.45, 2.75) is 6.92 Å². The van der Waals surface area contributed by atoms with Gasteiger partial charge in [-0.1, -0.05) is 30.3 Å². The van der Waals surface area contributed by atoms with Crippen molar-refractivity contribution in [1.82, 2.24) is 0 Å². The van der Waals surface area contributed by atoms with Crippen LogP contribution in [0.15, 0.2) is 77.4 Å². The first-order chi connectivity index (χ1) is 14.5. The molecule has 2 N–H and O–H groups in total. The molecule has 0 saturated heterocycles. The van der Waals surface area contributed by atoms with E-state index in [1.807, 2.05) is 43.3 Å². The Bertz CT molecular complexity index is 1230. The molecule has 6 heteroatoms. The van der Waals surface area contributed by atoms with Gasteiger partial charge in [0.25, 0.3) is 11.8 Å². The van der Waals surface area contributed by atoms with E-state index in [0.29, 0.717) is 22.7 Å². The van der Waals surface area contributed by atoms with Crippen molar-refractivity contribution in [3.63, 3.8) is 0 Å². The van der Waals surface area contributed by atoms with E-state index < -0.39 is 0 Å². The summed E-state index contributed by atoms with van der Waals surface area (Å²) in [5.41, 5.74) is 2.43. The number of ether oxygens (including phenoxy) is 1. The minimum absolute atomic E-state index is 0.210. The second-order valence-corrected chi connectivity index (χ2v) is 6.81. The summed E-state index contributed by atoms with van der Waals surface area (Å²) in [4.78, 5) is 25.2. The van der Waals surface area contributed by atoms with E-state index in [0.717, 1.165) is 16.3 Å². The lowest BCUT2D eigenvalue weighted by molar-refractivity contribution is 0.0994. The molecular formula is C24H20N2O4. The summed E-state index contributed by atoms with van der Waals surface area (Å²) >= 11 is 0. The number of aryl methyl sites for hydroxylation is 1. The van der Waals surface area contributed by atoms with Crippen LogP contribution in [0, 0.1) is 6.92 Å². The molecule has 0 spiro atoms. The summed E-state index contributed by atoms with van der Waals surface area (Å²) in [6.45, 7) is 1.88. The summed E-state index contributed by atoms with van der Waals surface area (Å²) in [7, 11) is 1.54. The average Bonchev–Trinajstić information content (AvgIpc) is 3.30. The van der Waals surface area contributed by atoms with E-state index in [2.05, 4.69) is 10.6 Å². The minimum atomic E-state index is -0.364. The van der Waals surface area contributed by atoms with Crippen LogP contribution in [0.25, 0.3) is 10.8 Å². The molecular weight excluding hydrogens is 380 g/mol. The van der Waals surface area contributed by atoms with E-state index in [4.69, 9.17) is 9.15 Å². The van der Waals surface area contributed by atoms with Crippen LogP contribution in [0.5, 0.6) is 5.75 Å². The van der Waals surface area contributed by atoms with Gasteiger partial charge in [-0.3, -0.25) is 9.59 Å². The van der Waals surface area contributed by atoms with Gasteiger partial charge < -0.3 is 19.8 Å². The van der Waals surface area contributed by atoms with Crippen molar-refractivity contribution < 1.29 is 18.7 Å². The van der Waals surface area contributed by atoms with E-state index in [1.54, 1.807) is 30.3 Å². The fourth-order valence-corrected chi connectivity index (χ4v) is 3.19. The molecule has 0 atom stereocenters. The Balaban J connectivity index is 1.60. The third-order valence-corrected chi connectivity index (χ3v) is 4.80. The molecule has 0 fully saturated rings. The maximum Gasteiger partial charge on any atom is 0.291 e. The van der Waals surface area contributed by atoms with Crippen molar-refractivity contribution in [1.29, 1.82) is 0 Å². The van der Waals surface area contributed by atoms with Crippen molar-refractivity contribution in [3.05, 3.63) is 89.9 Å². The van der Waals surface area contributed by atoms with Crippen LogP contribution < -0.4 is 15.4 Å². The predicted molar refractivity (Wildman–Crippen MR) is 116 cm³/mol. The molecule has 0 aliphatic heterocycles. The van der Waals surface area contributed by atoms with Crippen LogP contribution in [0.3, 0.4) is 0 Å². The molecule has 0 unspecified atom stereocenters. The van der Waals surface area contributed by atoms with Gasteiger partial charge in [0.05, 0.1) is 18.9 Å². The number of hydrogen-bond acceptors (Lipinski definition) is 4. The Morgan fingerprint density at radius 2 is 1.63 bits per heavy atom. The van der Waals surface area contributed by atoms with Crippen LogP contribution in [0.2, 0.25) is 0 Å². The lowest BCUT2D eigenvalue weighted by Gasteiger charge is -2.14. The number of benzene rings is 3. The molecule has 4 aromatic rings. The first kappa shape index (κ1) is 19.3. The molecule has 0 bridgehead atoms. The molecule has 30 heavy (non-hydrogen) atoms. The van der Waals surface area contributed by atoms with Crippen LogP contribution in [0.1, 0.15) is 26.5 Å². The minimum Gasteiger partial charge on any atom is -0.496 e. The summed E-state index contributed by atoms with van der Waals surface area (Å²) < 4.78 is 10.5. The van der Waals surface area contributed by atoms with E-state index in [9.17, 15) is 9.59 Å². The summed E-state index contributed by atoms with van der Waals surface area (Å²) in [6, 6.07) is 20.0. The van der Waals surface area contributed by atoms with Gasteiger partial charge in [0.2, 0.25) is 0 Å². The van der Waals surface area contributed by atoms with Gasteiger partial charge in [-0.2, -0.15) is 0 Å². The van der Waals surface area contributed by atoms with Crippen LogP contribution in [0.4, 0.5) is 11.4 Å². The van der Waals surface area contributed by atoms with Gasteiger partial charge in [-0.15, -0.1) is 0 Å². The summed E-state index contributed by atoms with van der Waals surface area (Å²) in [5, 5.41) is 7.62. The number of anilines is 2. The molecule has 1 aromatic heterocycles. The van der Waals surface area contributed by atoms with Crippen LogP contribution in [-0.2, 0) is 0 Å². The number of carbonyl (C=O) groups is 2. The van der Waals surface area contributed by atoms with Crippen molar-refractivity contribution in [3.8, 4) is 5.75 Å². The first-order valence-electron chi connectivity index (χ1n) is 9.39. The molecule has 2 amide bonds. The molecule has 0 saturated carbocycles. The zero-order chi connectivity index (χ0) is 21.1. The fourth-order valence-electron chi connectivity index (χ4n) is 3.19. The highest BCUT2D eigenvalue weighted by Gasteiger charge is 2.16. The van der Waals surface area contributed by atoms with Gasteiger partial charge >= 0.3 is 0 Å². The van der Waals surface area contributed by atoms with Crippen LogP contribution in [-0.4, -0.2) is 18.9 Å². The quantitative estimate of drug-likeness (QED) is 0.479. The zero-order valence-corrected chi connectivity index (χ0v) is 16.6. The monoisotopic (exact) mass is 400 g/mol. The van der Waals surface area contributed by atoms with Gasteiger partial charge in [0.15, 0.2) is 5.76 Å². The number of hydrogen-bond donors (Lipinski definition) is 2. The Labute approximate surface area is 173 Å². The normalized spacial score (nSPS) is 10.6. The highest BCUT2D eigenvalue weighted by atomic mass is 16.5. The van der Waals surface area contributed by atoms with Gasteiger partial charge in [0.1, 0.15) is 5.75 Å². The lowest BCUT2D eigenvalue weighted by atomic mass is 10.0. The predicted octanol–water partition coefficient (Wildman–Crippen LogP) is 5.25. The Kier molecular flexibility index (Phi) is 5.22. The Morgan fingerprint density at radius 3 is 2.33 bits per heavy atom. The van der Waals surface area contributed by atoms with Crippen molar-refractivity contribution in [2.75, 3.05) is 17.7 Å². The number of rotatable bonds is 5. The maximum absolute atomic E-state index is 13.0. The molecule has 3 aromatic carbocycles. The number of methoxy groups -OCH3 is 1. The molecule has 1 heterocycles. The molecule has 0 radical (unpaired) electrons. The summed E-state index contributed by atoms with van der Waals surface area (Å²) in [6.07, 6.45) is 1.44. The molecule has 4 rings (SSSR count). The smallest absolute Gasteiger partial charge is 0.291 e. The molecule has 0 aliphatic rings. The Morgan fingerprint density at radius 1 is 0.867 bits per heavy atom. The zero-order valence-electron chi connectivity index (χ0n) is 16.6. The third-order valence-electron chi connectivity index (χ3n) is 4.80. The number of fused-ring (bicyclic) bond motifs is 1. The molecule has 6 nitrogen and oxygen atoms in total. The van der Waals surface area contributed by atoms with Crippen molar-refractivity contribution in [2.24, 2.45) is 0 Å². The number of amides is 2. The number of furan rings is 1. The highest BCUT2D eigenvalue weighted by molar-refractivity contribution is 6.09. The van der Waals surface area contributed by atoms with Gasteiger partial charge in [0, 0.05) is 11.4 Å². The standard InChI is InChI=1S/C24H20N2O4/c1-15-9-10-18(25-24(28)21-8-5-11-30-21)14-20(15)26-23(27)19-12-16-6-3-4-7-17(16)13-22(19)29-2/h3-14H,1-2H3,(H,25,28)(H,26,27). The largest absolute Gasteiger partial charge is 0.496 e. The van der Waals surface area contributed by atoms with Gasteiger partial charge in [-0.05, 0) is 59.7 Å². The first-order valence-corrected chi connectivity index (χ1v) is 9.39. The van der Waals surface area contributed by atoms with E-state index in [1.165, 1.54) is 13.4 Å². The van der Waals surface area contributed by atoms with E-state index >= 15 is 0 Å². The number of carbonyl (C=O) groups excluding carboxylic acids is 2. The van der Waals surface area contributed by atoms with Crippen molar-refractivity contribution >= 4 is 34.0 Å². The third kappa shape index (κ3) is 3.89. The SMILES string of the molecule is COc1cc2ccccc2cc1C(=O)Nc1cc(NC(=O)c2ccco2)ccc1C. The fraction of sp³-hybridized carbons (Fsp3) is 0.0833. The second-order valence-electron chi connectivity index (χ2n) is 6.81. The average molecular weight is 400 g/mol. The lowest BCUT2D eigenvalue weighted by Crippen LogP contribution is -2.15. The van der Waals surface area contributed by atoms with Crippen LogP contribution >= 0.6 is 0 Å². The van der Waals surface area contributed by atoms with E-state index in [-0.39, 0.29) is 17.6 Å². The topological polar surface area (TPSA) is 80.6 Å². The number of nitrogens with one attached hydrogen (secondary N) is 2. The Hall–Kier alpha value is -4.06. The molecule has 0 aliphatic carbocycles. The second kappa shape index (κ2) is 8.13. The maximum atomic E-state index is 13.0. The molecule has 150 valence electrons. The highest BCUT2D eigenvalue weighted by Crippen LogP contribution is 2.28. The van der Waals surface area contributed by atoms with Gasteiger partial charge in [-0.25, -0.2) is 0 Å². The summed E-state index contributed by atoms with van der Waals surface area (Å²) in [5.74, 6) is 0.0423.